The second kappa shape index (κ2) is 7.82. The molecule has 6 nitrogen and oxygen atoms in total. The van der Waals surface area contributed by atoms with Gasteiger partial charge < -0.3 is 16.0 Å². The van der Waals surface area contributed by atoms with Crippen LogP contribution in [0.4, 0.5) is 18.9 Å². The number of hydrogen-bond acceptors (Lipinski definition) is 3. The van der Waals surface area contributed by atoms with Crippen molar-refractivity contribution in [2.45, 2.75) is 13.1 Å². The topological polar surface area (TPSA) is 87.3 Å². The maximum atomic E-state index is 12.7. The number of rotatable bonds is 5. The smallest absolute Gasteiger partial charge is 0.347 e. The van der Waals surface area contributed by atoms with E-state index in [0.29, 0.717) is 6.07 Å². The molecule has 0 fully saturated rings. The van der Waals surface area contributed by atoms with Crippen molar-refractivity contribution in [3.63, 3.8) is 0 Å². The summed E-state index contributed by atoms with van der Waals surface area (Å²) in [5, 5.41) is 6.14. The summed E-state index contributed by atoms with van der Waals surface area (Å²) < 4.78 is 38.0. The van der Waals surface area contributed by atoms with Crippen molar-refractivity contribution in [1.29, 1.82) is 0 Å². The molecule has 0 aliphatic carbocycles. The van der Waals surface area contributed by atoms with E-state index in [-0.39, 0.29) is 12.2 Å². The average molecular weight is 352 g/mol. The van der Waals surface area contributed by atoms with Crippen LogP contribution in [0.25, 0.3) is 0 Å². The third-order valence-electron chi connectivity index (χ3n) is 2.50. The third kappa shape index (κ3) is 6.55. The van der Waals surface area contributed by atoms with E-state index < -0.39 is 41.0 Å². The van der Waals surface area contributed by atoms with Crippen molar-refractivity contribution in [2.75, 3.05) is 18.4 Å². The summed E-state index contributed by atoms with van der Waals surface area (Å²) in [4.78, 5) is 33.4. The summed E-state index contributed by atoms with van der Waals surface area (Å²) in [5.41, 5.74) is -1.19. The number of benzene rings is 1. The fraction of sp³-hybridized carbons (Fsp3) is 0.308. The van der Waals surface area contributed by atoms with Crippen LogP contribution in [0.15, 0.2) is 18.2 Å². The highest BCUT2D eigenvalue weighted by molar-refractivity contribution is 6.31. The Morgan fingerprint density at radius 1 is 1.09 bits per heavy atom. The van der Waals surface area contributed by atoms with E-state index in [9.17, 15) is 27.6 Å². The molecule has 0 aliphatic rings. The molecule has 0 aromatic heterocycles. The van der Waals surface area contributed by atoms with E-state index in [4.69, 9.17) is 11.6 Å². The van der Waals surface area contributed by atoms with Crippen LogP contribution in [0.5, 0.6) is 0 Å². The van der Waals surface area contributed by atoms with Crippen molar-refractivity contribution in [3.8, 4) is 0 Å². The molecule has 1 rings (SSSR count). The first kappa shape index (κ1) is 18.8. The Hall–Kier alpha value is -2.29. The number of halogens is 4. The molecule has 0 radical (unpaired) electrons. The van der Waals surface area contributed by atoms with Gasteiger partial charge >= 0.3 is 6.18 Å². The van der Waals surface area contributed by atoms with Gasteiger partial charge in [-0.1, -0.05) is 11.6 Å². The Kier molecular flexibility index (Phi) is 6.38. The Morgan fingerprint density at radius 2 is 1.70 bits per heavy atom. The quantitative estimate of drug-likeness (QED) is 0.752. The van der Waals surface area contributed by atoms with Crippen LogP contribution in [-0.2, 0) is 20.6 Å². The number of alkyl halides is 3. The standard InChI is InChI=1S/C13H13ClF3N3O3/c1-7(21)18-5-11(22)19-6-12(23)20-8-2-3-10(14)9(4-8)13(15,16)17/h2-4H,5-6H2,1H3,(H,18,21)(H,19,22)(H,20,23). The zero-order chi connectivity index (χ0) is 17.6. The molecule has 0 bridgehead atoms. The van der Waals surface area contributed by atoms with Crippen molar-refractivity contribution in [3.05, 3.63) is 28.8 Å². The lowest BCUT2D eigenvalue weighted by atomic mass is 10.2. The SMILES string of the molecule is CC(=O)NCC(=O)NCC(=O)Nc1ccc(Cl)c(C(F)(F)F)c1. The minimum atomic E-state index is -4.65. The van der Waals surface area contributed by atoms with Gasteiger partial charge in [-0.3, -0.25) is 14.4 Å². The van der Waals surface area contributed by atoms with Crippen LogP contribution in [0.2, 0.25) is 5.02 Å². The molecule has 1 aromatic carbocycles. The van der Waals surface area contributed by atoms with E-state index in [1.807, 2.05) is 0 Å². The third-order valence-corrected chi connectivity index (χ3v) is 2.83. The summed E-state index contributed by atoms with van der Waals surface area (Å²) in [6.07, 6.45) is -4.65. The molecule has 0 unspecified atom stereocenters. The number of hydrogen-bond donors (Lipinski definition) is 3. The summed E-state index contributed by atoms with van der Waals surface area (Å²) in [6.45, 7) is 0.461. The zero-order valence-electron chi connectivity index (χ0n) is 11.9. The predicted octanol–water partition coefficient (Wildman–Crippen LogP) is 1.55. The molecule has 0 heterocycles. The fourth-order valence-electron chi connectivity index (χ4n) is 1.47. The fourth-order valence-corrected chi connectivity index (χ4v) is 1.70. The Labute approximate surface area is 134 Å². The molecule has 126 valence electrons. The predicted molar refractivity (Wildman–Crippen MR) is 76.8 cm³/mol. The Morgan fingerprint density at radius 3 is 2.26 bits per heavy atom. The summed E-state index contributed by atoms with van der Waals surface area (Å²) >= 11 is 5.46. The van der Waals surface area contributed by atoms with E-state index >= 15 is 0 Å². The molecule has 0 saturated carbocycles. The minimum absolute atomic E-state index is 0.108. The van der Waals surface area contributed by atoms with Gasteiger partial charge in [0, 0.05) is 12.6 Å². The highest BCUT2D eigenvalue weighted by Gasteiger charge is 2.33. The monoisotopic (exact) mass is 351 g/mol. The molecule has 0 saturated heterocycles. The molecular weight excluding hydrogens is 339 g/mol. The zero-order valence-corrected chi connectivity index (χ0v) is 12.6. The molecule has 1 aromatic rings. The molecule has 23 heavy (non-hydrogen) atoms. The maximum Gasteiger partial charge on any atom is 0.417 e. The first-order chi connectivity index (χ1) is 10.6. The van der Waals surface area contributed by atoms with E-state index in [2.05, 4.69) is 16.0 Å². The number of amides is 3. The highest BCUT2D eigenvalue weighted by atomic mass is 35.5. The number of nitrogens with one attached hydrogen (secondary N) is 3. The average Bonchev–Trinajstić information content (AvgIpc) is 2.43. The lowest BCUT2D eigenvalue weighted by molar-refractivity contribution is -0.137. The molecular formula is C13H13ClF3N3O3. The van der Waals surface area contributed by atoms with Crippen LogP contribution in [0.3, 0.4) is 0 Å². The second-order valence-corrected chi connectivity index (χ2v) is 4.83. The molecule has 0 aliphatic heterocycles. The van der Waals surface area contributed by atoms with Crippen LogP contribution >= 0.6 is 11.6 Å². The van der Waals surface area contributed by atoms with Crippen LogP contribution < -0.4 is 16.0 Å². The molecule has 0 spiro atoms. The van der Waals surface area contributed by atoms with Crippen molar-refractivity contribution < 1.29 is 27.6 Å². The largest absolute Gasteiger partial charge is 0.417 e. The molecule has 10 heteroatoms. The van der Waals surface area contributed by atoms with Crippen LogP contribution in [0, 0.1) is 0 Å². The Balaban J connectivity index is 2.58. The summed E-state index contributed by atoms with van der Waals surface area (Å²) in [5.74, 6) is -1.75. The Bertz CT molecular complexity index is 620. The van der Waals surface area contributed by atoms with Crippen molar-refractivity contribution in [2.24, 2.45) is 0 Å². The lowest BCUT2D eigenvalue weighted by Gasteiger charge is -2.12. The molecule has 3 amide bonds. The summed E-state index contributed by atoms with van der Waals surface area (Å²) in [6, 6.07) is 2.91. The van der Waals surface area contributed by atoms with Crippen molar-refractivity contribution >= 4 is 35.0 Å². The lowest BCUT2D eigenvalue weighted by Crippen LogP contribution is -2.39. The van der Waals surface area contributed by atoms with Crippen LogP contribution in [0.1, 0.15) is 12.5 Å². The number of anilines is 1. The normalized spacial score (nSPS) is 10.8. The first-order valence-electron chi connectivity index (χ1n) is 6.27. The van der Waals surface area contributed by atoms with Gasteiger partial charge in [-0.2, -0.15) is 13.2 Å². The van der Waals surface area contributed by atoms with Gasteiger partial charge in [0.05, 0.1) is 23.7 Å². The summed E-state index contributed by atoms with van der Waals surface area (Å²) in [7, 11) is 0. The van der Waals surface area contributed by atoms with Gasteiger partial charge in [0.25, 0.3) is 0 Å². The maximum absolute atomic E-state index is 12.7. The first-order valence-corrected chi connectivity index (χ1v) is 6.65. The van der Waals surface area contributed by atoms with E-state index in [1.165, 1.54) is 13.0 Å². The van der Waals surface area contributed by atoms with Crippen LogP contribution in [-0.4, -0.2) is 30.8 Å². The minimum Gasteiger partial charge on any atom is -0.347 e. The van der Waals surface area contributed by atoms with Crippen molar-refractivity contribution in [1.82, 2.24) is 10.6 Å². The highest BCUT2D eigenvalue weighted by Crippen LogP contribution is 2.36. The van der Waals surface area contributed by atoms with Gasteiger partial charge in [0.15, 0.2) is 0 Å². The van der Waals surface area contributed by atoms with Gasteiger partial charge in [-0.05, 0) is 18.2 Å². The van der Waals surface area contributed by atoms with Gasteiger partial charge in [0.2, 0.25) is 17.7 Å². The molecule has 3 N–H and O–H groups in total. The van der Waals surface area contributed by atoms with E-state index in [1.54, 1.807) is 0 Å². The van der Waals surface area contributed by atoms with Gasteiger partial charge in [0.1, 0.15) is 0 Å². The van der Waals surface area contributed by atoms with Gasteiger partial charge in [-0.25, -0.2) is 0 Å². The number of carbonyl (C=O) groups is 3. The molecule has 0 atom stereocenters. The van der Waals surface area contributed by atoms with Gasteiger partial charge in [-0.15, -0.1) is 0 Å². The van der Waals surface area contributed by atoms with E-state index in [0.717, 1.165) is 6.07 Å². The second-order valence-electron chi connectivity index (χ2n) is 4.43. The number of carbonyl (C=O) groups excluding carboxylic acids is 3.